The first-order chi connectivity index (χ1) is 7.76. The Kier molecular flexibility index (Phi) is 2.69. The van der Waals surface area contributed by atoms with Gasteiger partial charge in [0.2, 0.25) is 0 Å². The fourth-order valence-corrected chi connectivity index (χ4v) is 1.48. The van der Waals surface area contributed by atoms with Crippen molar-refractivity contribution in [3.05, 3.63) is 23.7 Å². The van der Waals surface area contributed by atoms with E-state index in [1.165, 1.54) is 0 Å². The lowest BCUT2D eigenvalue weighted by molar-refractivity contribution is 0.318. The Morgan fingerprint density at radius 2 is 2.38 bits per heavy atom. The van der Waals surface area contributed by atoms with Gasteiger partial charge in [0.1, 0.15) is 5.82 Å². The van der Waals surface area contributed by atoms with E-state index in [1.54, 1.807) is 12.3 Å². The first kappa shape index (κ1) is 10.4. The third-order valence-electron chi connectivity index (χ3n) is 2.21. The number of amidine groups is 1. The molecule has 7 heteroatoms. The van der Waals surface area contributed by atoms with E-state index in [0.717, 1.165) is 5.82 Å². The molecule has 2 aromatic heterocycles. The second-order valence-electron chi connectivity index (χ2n) is 3.26. The van der Waals surface area contributed by atoms with Crippen molar-refractivity contribution in [3.8, 4) is 0 Å². The van der Waals surface area contributed by atoms with Gasteiger partial charge in [0.25, 0.3) is 0 Å². The van der Waals surface area contributed by atoms with Gasteiger partial charge in [0.15, 0.2) is 11.5 Å². The molecule has 0 atom stereocenters. The maximum absolute atomic E-state index is 8.65. The summed E-state index contributed by atoms with van der Waals surface area (Å²) in [6.45, 7) is 0.499. The molecule has 0 saturated heterocycles. The minimum Gasteiger partial charge on any atom is -0.409 e. The van der Waals surface area contributed by atoms with E-state index in [0.29, 0.717) is 29.7 Å². The summed E-state index contributed by atoms with van der Waals surface area (Å²) in [5, 5.41) is 11.6. The van der Waals surface area contributed by atoms with E-state index >= 15 is 0 Å². The minimum absolute atomic E-state index is 0.0235. The van der Waals surface area contributed by atoms with Gasteiger partial charge in [0, 0.05) is 18.2 Å². The highest BCUT2D eigenvalue weighted by Gasteiger charge is 2.10. The number of oxime groups is 1. The molecule has 0 spiro atoms. The Bertz CT molecular complexity index is 532. The third kappa shape index (κ3) is 1.68. The molecule has 84 valence electrons. The number of nitrogens with one attached hydrogen (secondary N) is 1. The maximum atomic E-state index is 8.65. The molecule has 2 heterocycles. The number of fused-ring (bicyclic) bond motifs is 1. The first-order valence-electron chi connectivity index (χ1n) is 4.78. The second-order valence-corrected chi connectivity index (χ2v) is 3.26. The van der Waals surface area contributed by atoms with Crippen molar-refractivity contribution >= 4 is 17.0 Å². The number of rotatable bonds is 3. The van der Waals surface area contributed by atoms with Gasteiger partial charge in [-0.2, -0.15) is 0 Å². The van der Waals surface area contributed by atoms with Crippen LogP contribution in [0.1, 0.15) is 11.4 Å². The van der Waals surface area contributed by atoms with Gasteiger partial charge in [-0.3, -0.25) is 0 Å². The zero-order valence-electron chi connectivity index (χ0n) is 8.51. The van der Waals surface area contributed by atoms with Crippen LogP contribution in [0.3, 0.4) is 0 Å². The molecule has 2 aromatic rings. The fraction of sp³-hybridized carbons (Fsp3) is 0.222. The quantitative estimate of drug-likeness (QED) is 0.241. The summed E-state index contributed by atoms with van der Waals surface area (Å²) in [5.41, 5.74) is 12.7. The van der Waals surface area contributed by atoms with Gasteiger partial charge in [-0.25, -0.2) is 9.97 Å². The molecular weight excluding hydrogens is 208 g/mol. The van der Waals surface area contributed by atoms with E-state index in [9.17, 15) is 0 Å². The second kappa shape index (κ2) is 4.15. The summed E-state index contributed by atoms with van der Waals surface area (Å²) >= 11 is 0. The van der Waals surface area contributed by atoms with Crippen LogP contribution < -0.4 is 11.5 Å². The molecule has 0 radical (unpaired) electrons. The highest BCUT2D eigenvalue weighted by Crippen LogP contribution is 2.14. The number of pyridine rings is 1. The number of aromatic nitrogens is 3. The average Bonchev–Trinajstić information content (AvgIpc) is 2.70. The highest BCUT2D eigenvalue weighted by molar-refractivity contribution is 6.05. The Morgan fingerprint density at radius 3 is 3.06 bits per heavy atom. The predicted molar refractivity (Wildman–Crippen MR) is 59.2 cm³/mol. The normalized spacial score (nSPS) is 12.2. The number of hydrogen-bond donors (Lipinski definition) is 4. The molecule has 0 amide bonds. The summed E-state index contributed by atoms with van der Waals surface area (Å²) in [4.78, 5) is 11.4. The topological polar surface area (TPSA) is 126 Å². The van der Waals surface area contributed by atoms with Gasteiger partial charge in [-0.1, -0.05) is 5.16 Å². The van der Waals surface area contributed by atoms with E-state index in [-0.39, 0.29) is 5.84 Å². The van der Waals surface area contributed by atoms with Gasteiger partial charge < -0.3 is 21.7 Å². The summed E-state index contributed by atoms with van der Waals surface area (Å²) < 4.78 is 0. The van der Waals surface area contributed by atoms with Crippen LogP contribution >= 0.6 is 0 Å². The third-order valence-corrected chi connectivity index (χ3v) is 2.21. The molecule has 2 rings (SSSR count). The molecule has 0 aliphatic carbocycles. The Hall–Kier alpha value is -2.15. The molecule has 0 unspecified atom stereocenters. The smallest absolute Gasteiger partial charge is 0.178 e. The van der Waals surface area contributed by atoms with Crippen LogP contribution in [0.25, 0.3) is 11.2 Å². The van der Waals surface area contributed by atoms with Crippen LogP contribution in [0.15, 0.2) is 17.4 Å². The fourth-order valence-electron chi connectivity index (χ4n) is 1.48. The van der Waals surface area contributed by atoms with Gasteiger partial charge in [0.05, 0.1) is 5.52 Å². The molecule has 0 fully saturated rings. The van der Waals surface area contributed by atoms with Crippen molar-refractivity contribution < 1.29 is 5.21 Å². The Labute approximate surface area is 91.2 Å². The average molecular weight is 220 g/mol. The number of H-pyrrole nitrogens is 1. The lowest BCUT2D eigenvalue weighted by atomic mass is 10.2. The van der Waals surface area contributed by atoms with Crippen LogP contribution in [-0.2, 0) is 6.42 Å². The van der Waals surface area contributed by atoms with Crippen molar-refractivity contribution in [1.29, 1.82) is 0 Å². The van der Waals surface area contributed by atoms with E-state index < -0.39 is 0 Å². The molecular formula is C9H12N6O. The highest BCUT2D eigenvalue weighted by atomic mass is 16.4. The molecule has 0 saturated carbocycles. The number of imidazole rings is 1. The van der Waals surface area contributed by atoms with Crippen LogP contribution in [0.4, 0.5) is 0 Å². The summed E-state index contributed by atoms with van der Waals surface area (Å²) in [6, 6.07) is 1.65. The van der Waals surface area contributed by atoms with Crippen molar-refractivity contribution in [2.45, 2.75) is 6.42 Å². The van der Waals surface area contributed by atoms with Crippen LogP contribution in [0.5, 0.6) is 0 Å². The first-order valence-corrected chi connectivity index (χ1v) is 4.78. The van der Waals surface area contributed by atoms with Crippen molar-refractivity contribution in [1.82, 2.24) is 15.0 Å². The zero-order valence-corrected chi connectivity index (χ0v) is 8.51. The predicted octanol–water partition coefficient (Wildman–Crippen LogP) is -0.446. The van der Waals surface area contributed by atoms with Crippen LogP contribution in [0.2, 0.25) is 0 Å². The van der Waals surface area contributed by atoms with Crippen molar-refractivity contribution in [2.75, 3.05) is 6.54 Å². The molecule has 0 bridgehead atoms. The lowest BCUT2D eigenvalue weighted by Gasteiger charge is -1.98. The summed E-state index contributed by atoms with van der Waals surface area (Å²) in [5.74, 6) is 0.763. The molecule has 6 N–H and O–H groups in total. The van der Waals surface area contributed by atoms with Crippen LogP contribution in [0, 0.1) is 0 Å². The SMILES string of the molecule is NCCc1nc2nccc(/C(N)=N/O)c2[nH]1. The molecule has 0 aliphatic rings. The van der Waals surface area contributed by atoms with Gasteiger partial charge in [-0.05, 0) is 12.6 Å². The maximum Gasteiger partial charge on any atom is 0.178 e. The van der Waals surface area contributed by atoms with E-state index in [1.807, 2.05) is 0 Å². The molecule has 0 aromatic carbocycles. The summed E-state index contributed by atoms with van der Waals surface area (Å²) in [7, 11) is 0. The number of nitrogens with zero attached hydrogens (tertiary/aromatic N) is 3. The van der Waals surface area contributed by atoms with Gasteiger partial charge >= 0.3 is 0 Å². The zero-order chi connectivity index (χ0) is 11.5. The monoisotopic (exact) mass is 220 g/mol. The van der Waals surface area contributed by atoms with E-state index in [2.05, 4.69) is 20.1 Å². The standard InChI is InChI=1S/C9H12N6O/c10-3-1-6-13-7-5(8(11)15-16)2-4-12-9(7)14-6/h2,4,16H,1,3,10H2,(H2,11,15)(H,12,13,14). The van der Waals surface area contributed by atoms with Crippen molar-refractivity contribution in [3.63, 3.8) is 0 Å². The number of nitrogens with two attached hydrogens (primary N) is 2. The van der Waals surface area contributed by atoms with Crippen molar-refractivity contribution in [2.24, 2.45) is 16.6 Å². The molecule has 7 nitrogen and oxygen atoms in total. The van der Waals surface area contributed by atoms with Gasteiger partial charge in [-0.15, -0.1) is 0 Å². The summed E-state index contributed by atoms with van der Waals surface area (Å²) in [6.07, 6.45) is 2.19. The molecule has 16 heavy (non-hydrogen) atoms. The largest absolute Gasteiger partial charge is 0.409 e. The number of aromatic amines is 1. The minimum atomic E-state index is 0.0235. The Balaban J connectivity index is 2.58. The van der Waals surface area contributed by atoms with Crippen LogP contribution in [-0.4, -0.2) is 32.5 Å². The van der Waals surface area contributed by atoms with E-state index in [4.69, 9.17) is 16.7 Å². The number of hydrogen-bond acceptors (Lipinski definition) is 5. The Morgan fingerprint density at radius 1 is 1.56 bits per heavy atom. The molecule has 0 aliphatic heterocycles. The lowest BCUT2D eigenvalue weighted by Crippen LogP contribution is -2.13.